The minimum absolute atomic E-state index is 0.194. The Balaban J connectivity index is 1.63. The number of hydrogen-bond acceptors (Lipinski definition) is 6. The molecule has 12 heteroatoms. The van der Waals surface area contributed by atoms with Gasteiger partial charge in [-0.05, 0) is 72.9 Å². The Hall–Kier alpha value is -4.42. The molecule has 3 N–H and O–H groups in total. The summed E-state index contributed by atoms with van der Waals surface area (Å²) in [6.07, 6.45) is 4.70. The van der Waals surface area contributed by atoms with Crippen molar-refractivity contribution < 1.29 is 23.1 Å². The van der Waals surface area contributed by atoms with Crippen molar-refractivity contribution in [3.8, 4) is 11.4 Å². The molecule has 2 aromatic heterocycles. The lowest BCUT2D eigenvalue weighted by atomic mass is 10.0. The van der Waals surface area contributed by atoms with Crippen LogP contribution in [0.2, 0.25) is 0 Å². The van der Waals surface area contributed by atoms with E-state index in [1.807, 2.05) is 46.0 Å². The van der Waals surface area contributed by atoms with Crippen LogP contribution in [0.5, 0.6) is 5.75 Å². The molecule has 5 rings (SSSR count). The molecule has 2 aromatic carbocycles. The Morgan fingerprint density at radius 1 is 1.08 bits per heavy atom. The number of thiocarbonyl (C=S) groups is 1. The van der Waals surface area contributed by atoms with Crippen LogP contribution in [0.3, 0.4) is 0 Å². The Morgan fingerprint density at radius 2 is 1.82 bits per heavy atom. The fourth-order valence-electron chi connectivity index (χ4n) is 4.68. The van der Waals surface area contributed by atoms with Gasteiger partial charge in [-0.1, -0.05) is 6.07 Å². The van der Waals surface area contributed by atoms with Crippen LogP contribution in [-0.2, 0) is 10.0 Å². The smallest absolute Gasteiger partial charge is 0.335 e. The summed E-state index contributed by atoms with van der Waals surface area (Å²) in [6, 6.07) is 20.6. The number of nitrogens with one attached hydrogen (secondary N) is 2. The van der Waals surface area contributed by atoms with E-state index in [1.165, 1.54) is 7.11 Å². The summed E-state index contributed by atoms with van der Waals surface area (Å²) in [5, 5.41) is 13.2. The van der Waals surface area contributed by atoms with Gasteiger partial charge >= 0.3 is 5.97 Å². The minimum atomic E-state index is -3.52. The number of aromatic nitrogens is 2. The molecule has 200 valence electrons. The summed E-state index contributed by atoms with van der Waals surface area (Å²) >= 11 is 5.82. The molecule has 0 saturated carbocycles. The van der Waals surface area contributed by atoms with Crippen molar-refractivity contribution in [2.75, 3.05) is 23.0 Å². The predicted molar refractivity (Wildman–Crippen MR) is 152 cm³/mol. The van der Waals surface area contributed by atoms with Gasteiger partial charge in [0.1, 0.15) is 11.8 Å². The quantitative estimate of drug-likeness (QED) is 0.271. The number of carboxylic acids is 1. The molecule has 1 aliphatic rings. The third kappa shape index (κ3) is 5.29. The number of sulfonamides is 1. The van der Waals surface area contributed by atoms with Crippen molar-refractivity contribution in [1.29, 1.82) is 0 Å². The highest BCUT2D eigenvalue weighted by Gasteiger charge is 2.42. The second-order valence-corrected chi connectivity index (χ2v) is 11.0. The maximum Gasteiger partial charge on any atom is 0.335 e. The molecule has 0 amide bonds. The van der Waals surface area contributed by atoms with E-state index >= 15 is 0 Å². The van der Waals surface area contributed by atoms with Crippen LogP contribution in [0.15, 0.2) is 85.2 Å². The zero-order valence-electron chi connectivity index (χ0n) is 21.0. The highest BCUT2D eigenvalue weighted by Crippen LogP contribution is 2.44. The van der Waals surface area contributed by atoms with Crippen molar-refractivity contribution in [1.82, 2.24) is 14.9 Å². The monoisotopic (exact) mass is 563 g/mol. The van der Waals surface area contributed by atoms with E-state index < -0.39 is 16.0 Å². The number of anilines is 2. The molecule has 0 spiro atoms. The SMILES string of the molecule is COc1cc(N2C(=S)N[C@H](c3ccccn3)[C@@H]2c2cccn2-c2ccc(C(=O)O)cc2)ccc1NS(C)(=O)=O. The van der Waals surface area contributed by atoms with Crippen LogP contribution in [0.4, 0.5) is 11.4 Å². The molecule has 1 fully saturated rings. The van der Waals surface area contributed by atoms with E-state index in [4.69, 9.17) is 17.0 Å². The summed E-state index contributed by atoms with van der Waals surface area (Å²) in [4.78, 5) is 17.9. The van der Waals surface area contributed by atoms with Crippen LogP contribution in [0.25, 0.3) is 5.69 Å². The number of hydrogen-bond donors (Lipinski definition) is 3. The van der Waals surface area contributed by atoms with E-state index in [1.54, 1.807) is 48.7 Å². The third-order valence-electron chi connectivity index (χ3n) is 6.33. The lowest BCUT2D eigenvalue weighted by Gasteiger charge is -2.29. The summed E-state index contributed by atoms with van der Waals surface area (Å²) < 4.78 is 33.7. The number of nitrogens with zero attached hydrogens (tertiary/aromatic N) is 3. The Labute approximate surface area is 230 Å². The molecule has 0 bridgehead atoms. The van der Waals surface area contributed by atoms with Crippen LogP contribution in [0.1, 0.15) is 33.8 Å². The summed E-state index contributed by atoms with van der Waals surface area (Å²) in [5.41, 5.74) is 3.62. The van der Waals surface area contributed by atoms with Gasteiger partial charge in [-0.25, -0.2) is 13.2 Å². The van der Waals surface area contributed by atoms with E-state index in [0.29, 0.717) is 22.2 Å². The molecular formula is C27H25N5O5S2. The minimum Gasteiger partial charge on any atom is -0.494 e. The first-order valence-electron chi connectivity index (χ1n) is 11.8. The number of rotatable bonds is 8. The molecular weight excluding hydrogens is 538 g/mol. The van der Waals surface area contributed by atoms with Gasteiger partial charge in [-0.3, -0.25) is 9.71 Å². The van der Waals surface area contributed by atoms with Gasteiger partial charge in [0.2, 0.25) is 10.0 Å². The number of pyridine rings is 1. The molecule has 2 atom stereocenters. The second-order valence-electron chi connectivity index (χ2n) is 8.91. The summed E-state index contributed by atoms with van der Waals surface area (Å²) in [7, 11) is -2.05. The van der Waals surface area contributed by atoms with Gasteiger partial charge in [-0.15, -0.1) is 0 Å². The average molecular weight is 564 g/mol. The molecule has 4 aromatic rings. The molecule has 0 unspecified atom stereocenters. The number of methoxy groups -OCH3 is 1. The van der Waals surface area contributed by atoms with E-state index in [-0.39, 0.29) is 17.6 Å². The van der Waals surface area contributed by atoms with Crippen molar-refractivity contribution in [2.24, 2.45) is 0 Å². The van der Waals surface area contributed by atoms with Gasteiger partial charge in [0.05, 0.1) is 36.4 Å². The predicted octanol–water partition coefficient (Wildman–Crippen LogP) is 4.13. The molecule has 3 heterocycles. The van der Waals surface area contributed by atoms with E-state index in [0.717, 1.165) is 23.3 Å². The van der Waals surface area contributed by atoms with Crippen LogP contribution >= 0.6 is 12.2 Å². The lowest BCUT2D eigenvalue weighted by molar-refractivity contribution is 0.0697. The highest BCUT2D eigenvalue weighted by molar-refractivity contribution is 7.92. The standard InChI is InChI=1S/C27H25N5O5S2/c1-37-23-16-19(12-13-20(23)30-39(2,35)36)32-25(24(29-27(32)38)21-6-3-4-14-28-21)22-7-5-15-31(22)18-10-8-17(9-11-18)26(33)34/h3-16,24-25,30H,1-2H3,(H,29,38)(H,33,34)/t24-,25+/m1/s1. The van der Waals surface area contributed by atoms with Crippen molar-refractivity contribution in [3.63, 3.8) is 0 Å². The zero-order chi connectivity index (χ0) is 27.7. The molecule has 1 saturated heterocycles. The molecule has 0 radical (unpaired) electrons. The fraction of sp³-hybridized carbons (Fsp3) is 0.148. The van der Waals surface area contributed by atoms with Crippen molar-refractivity contribution in [2.45, 2.75) is 12.1 Å². The number of aromatic carboxylic acids is 1. The number of ether oxygens (including phenoxy) is 1. The van der Waals surface area contributed by atoms with Gasteiger partial charge in [0.15, 0.2) is 5.11 Å². The zero-order valence-corrected chi connectivity index (χ0v) is 22.6. The Bertz CT molecular complexity index is 1640. The van der Waals surface area contributed by atoms with Crippen LogP contribution < -0.4 is 19.7 Å². The molecule has 10 nitrogen and oxygen atoms in total. The third-order valence-corrected chi connectivity index (χ3v) is 7.24. The molecule has 39 heavy (non-hydrogen) atoms. The summed E-state index contributed by atoms with van der Waals surface area (Å²) in [5.74, 6) is -0.663. The van der Waals surface area contributed by atoms with Gasteiger partial charge in [0, 0.05) is 35.5 Å². The fourth-order valence-corrected chi connectivity index (χ4v) is 5.60. The number of benzene rings is 2. The van der Waals surface area contributed by atoms with Gasteiger partial charge in [0.25, 0.3) is 0 Å². The largest absolute Gasteiger partial charge is 0.494 e. The highest BCUT2D eigenvalue weighted by atomic mass is 32.2. The topological polar surface area (TPSA) is 126 Å². The Morgan fingerprint density at radius 3 is 2.46 bits per heavy atom. The first-order chi connectivity index (χ1) is 18.7. The van der Waals surface area contributed by atoms with Gasteiger partial charge < -0.3 is 24.6 Å². The molecule has 1 aliphatic heterocycles. The van der Waals surface area contributed by atoms with Gasteiger partial charge in [-0.2, -0.15) is 0 Å². The van der Waals surface area contributed by atoms with Crippen LogP contribution in [0, 0.1) is 0 Å². The van der Waals surface area contributed by atoms with Crippen molar-refractivity contribution in [3.05, 3.63) is 102 Å². The summed E-state index contributed by atoms with van der Waals surface area (Å²) in [6.45, 7) is 0. The average Bonchev–Trinajstić information content (AvgIpc) is 3.53. The number of carbonyl (C=O) groups is 1. The first-order valence-corrected chi connectivity index (χ1v) is 14.1. The van der Waals surface area contributed by atoms with Crippen LogP contribution in [-0.4, -0.2) is 47.5 Å². The van der Waals surface area contributed by atoms with Crippen molar-refractivity contribution >= 4 is 44.7 Å². The molecule has 0 aliphatic carbocycles. The Kier molecular flexibility index (Phi) is 6.98. The second kappa shape index (κ2) is 10.4. The first kappa shape index (κ1) is 26.2. The number of carboxylic acid groups (broad SMARTS) is 1. The van der Waals surface area contributed by atoms with E-state index in [9.17, 15) is 18.3 Å². The lowest BCUT2D eigenvalue weighted by Crippen LogP contribution is -2.30. The van der Waals surface area contributed by atoms with E-state index in [2.05, 4.69) is 15.0 Å². The maximum atomic E-state index is 11.8. The maximum absolute atomic E-state index is 11.8. The normalized spacial score (nSPS) is 17.1.